The Morgan fingerprint density at radius 3 is 2.76 bits per heavy atom. The average molecular weight is 286 g/mol. The van der Waals surface area contributed by atoms with Crippen LogP contribution in [0, 0.1) is 12.8 Å². The van der Waals surface area contributed by atoms with Crippen molar-refractivity contribution in [3.63, 3.8) is 0 Å². The average Bonchev–Trinajstić information content (AvgIpc) is 2.86. The van der Waals surface area contributed by atoms with Crippen molar-refractivity contribution in [3.05, 3.63) is 35.6 Å². The first-order chi connectivity index (χ1) is 10.3. The van der Waals surface area contributed by atoms with Crippen LogP contribution in [0.3, 0.4) is 0 Å². The van der Waals surface area contributed by atoms with E-state index in [1.54, 1.807) is 0 Å². The number of furan rings is 1. The highest BCUT2D eigenvalue weighted by Gasteiger charge is 2.19. The summed E-state index contributed by atoms with van der Waals surface area (Å²) in [5.74, 6) is 0.739. The molecular formula is C18H22O3. The number of carbonyl (C=O) groups excluding carboxylic acids is 1. The maximum absolute atomic E-state index is 12.2. The number of fused-ring (bicyclic) bond motifs is 1. The maximum Gasteiger partial charge on any atom is 0.374 e. The lowest BCUT2D eigenvalue weighted by molar-refractivity contribution is 0.0440. The van der Waals surface area contributed by atoms with Gasteiger partial charge >= 0.3 is 5.97 Å². The second-order valence-electron chi connectivity index (χ2n) is 5.98. The first-order valence-corrected chi connectivity index (χ1v) is 7.91. The van der Waals surface area contributed by atoms with Gasteiger partial charge in [-0.3, -0.25) is 0 Å². The monoisotopic (exact) mass is 286 g/mol. The molecule has 0 aliphatic heterocycles. The summed E-state index contributed by atoms with van der Waals surface area (Å²) >= 11 is 0. The molecule has 1 saturated carbocycles. The van der Waals surface area contributed by atoms with Gasteiger partial charge in [-0.25, -0.2) is 4.79 Å². The first-order valence-electron chi connectivity index (χ1n) is 7.91. The van der Waals surface area contributed by atoms with Gasteiger partial charge in [-0.15, -0.1) is 0 Å². The minimum Gasteiger partial charge on any atom is -0.460 e. The molecule has 0 unspecified atom stereocenters. The number of benzene rings is 1. The smallest absolute Gasteiger partial charge is 0.374 e. The molecule has 1 fully saturated rings. The third kappa shape index (κ3) is 3.12. The van der Waals surface area contributed by atoms with Gasteiger partial charge in [0.15, 0.2) is 0 Å². The van der Waals surface area contributed by atoms with Gasteiger partial charge in [0.05, 0.1) is 6.61 Å². The van der Waals surface area contributed by atoms with Gasteiger partial charge < -0.3 is 9.15 Å². The summed E-state index contributed by atoms with van der Waals surface area (Å²) in [5.41, 5.74) is 1.61. The van der Waals surface area contributed by atoms with Crippen molar-refractivity contribution in [1.82, 2.24) is 0 Å². The fourth-order valence-corrected chi connectivity index (χ4v) is 3.23. The van der Waals surface area contributed by atoms with Crippen molar-refractivity contribution in [1.29, 1.82) is 0 Å². The van der Waals surface area contributed by atoms with Crippen molar-refractivity contribution in [2.75, 3.05) is 6.61 Å². The van der Waals surface area contributed by atoms with E-state index in [9.17, 15) is 4.79 Å². The van der Waals surface area contributed by atoms with Crippen LogP contribution in [0.1, 0.15) is 54.6 Å². The van der Waals surface area contributed by atoms with Gasteiger partial charge in [0.1, 0.15) is 5.58 Å². The number of hydrogen-bond acceptors (Lipinski definition) is 3. The van der Waals surface area contributed by atoms with E-state index >= 15 is 0 Å². The first kappa shape index (κ1) is 14.2. The molecular weight excluding hydrogens is 264 g/mol. The molecule has 2 aromatic rings. The van der Waals surface area contributed by atoms with Crippen LogP contribution >= 0.6 is 0 Å². The molecule has 0 N–H and O–H groups in total. The molecule has 1 aromatic heterocycles. The third-order valence-electron chi connectivity index (χ3n) is 4.51. The zero-order valence-corrected chi connectivity index (χ0v) is 12.6. The summed E-state index contributed by atoms with van der Waals surface area (Å²) in [6.45, 7) is 2.41. The lowest BCUT2D eigenvalue weighted by atomic mass is 9.87. The largest absolute Gasteiger partial charge is 0.460 e. The highest BCUT2D eigenvalue weighted by Crippen LogP contribution is 2.27. The zero-order chi connectivity index (χ0) is 14.7. The van der Waals surface area contributed by atoms with Crippen LogP contribution in [0.4, 0.5) is 0 Å². The normalized spacial score (nSPS) is 16.2. The highest BCUT2D eigenvalue weighted by molar-refractivity contribution is 5.95. The van der Waals surface area contributed by atoms with Crippen molar-refractivity contribution in [2.45, 2.75) is 45.4 Å². The molecule has 3 rings (SSSR count). The number of ether oxygens (including phenoxy) is 1. The van der Waals surface area contributed by atoms with Crippen molar-refractivity contribution >= 4 is 16.9 Å². The summed E-state index contributed by atoms with van der Waals surface area (Å²) in [6, 6.07) is 7.70. The SMILES string of the molecule is Cc1c(C(=O)OCCC2CCCCC2)oc2ccccc12. The Balaban J connectivity index is 1.60. The summed E-state index contributed by atoms with van der Waals surface area (Å²) in [4.78, 5) is 12.2. The molecule has 3 nitrogen and oxygen atoms in total. The number of hydrogen-bond donors (Lipinski definition) is 0. The Hall–Kier alpha value is -1.77. The number of aryl methyl sites for hydroxylation is 1. The highest BCUT2D eigenvalue weighted by atomic mass is 16.5. The molecule has 112 valence electrons. The molecule has 1 aliphatic carbocycles. The maximum atomic E-state index is 12.2. The summed E-state index contributed by atoms with van der Waals surface area (Å²) in [6.07, 6.45) is 7.53. The van der Waals surface area contributed by atoms with E-state index in [-0.39, 0.29) is 5.97 Å². The van der Waals surface area contributed by atoms with Crippen LogP contribution in [0.5, 0.6) is 0 Å². The quantitative estimate of drug-likeness (QED) is 0.753. The molecule has 0 atom stereocenters. The Kier molecular flexibility index (Phi) is 4.28. The van der Waals surface area contributed by atoms with Gasteiger partial charge in [0, 0.05) is 10.9 Å². The number of rotatable bonds is 4. The standard InChI is InChI=1S/C18H22O3/c1-13-15-9-5-6-10-16(15)21-17(13)18(19)20-12-11-14-7-3-2-4-8-14/h5-6,9-10,14H,2-4,7-8,11-12H2,1H3. The number of carbonyl (C=O) groups is 1. The lowest BCUT2D eigenvalue weighted by Gasteiger charge is -2.20. The van der Waals surface area contributed by atoms with Gasteiger partial charge in [0.25, 0.3) is 0 Å². The number of esters is 1. The molecule has 0 saturated heterocycles. The second kappa shape index (κ2) is 6.33. The Labute approximate surface area is 125 Å². The van der Waals surface area contributed by atoms with Crippen molar-refractivity contribution in [3.8, 4) is 0 Å². The molecule has 21 heavy (non-hydrogen) atoms. The molecule has 1 heterocycles. The van der Waals surface area contributed by atoms with E-state index in [2.05, 4.69) is 0 Å². The third-order valence-corrected chi connectivity index (χ3v) is 4.51. The summed E-state index contributed by atoms with van der Waals surface area (Å²) < 4.78 is 11.0. The van der Waals surface area contributed by atoms with E-state index in [1.165, 1.54) is 32.1 Å². The van der Waals surface area contributed by atoms with E-state index in [0.717, 1.165) is 28.9 Å². The fourth-order valence-electron chi connectivity index (χ4n) is 3.23. The van der Waals surface area contributed by atoms with Crippen LogP contribution in [0.15, 0.2) is 28.7 Å². The van der Waals surface area contributed by atoms with E-state index in [1.807, 2.05) is 31.2 Å². The molecule has 0 spiro atoms. The summed E-state index contributed by atoms with van der Waals surface area (Å²) in [5, 5.41) is 0.983. The van der Waals surface area contributed by atoms with Crippen LogP contribution in [-0.4, -0.2) is 12.6 Å². The minimum absolute atomic E-state index is 0.334. The predicted octanol–water partition coefficient (Wildman–Crippen LogP) is 4.87. The van der Waals surface area contributed by atoms with Crippen LogP contribution in [-0.2, 0) is 4.74 Å². The minimum atomic E-state index is -0.334. The second-order valence-corrected chi connectivity index (χ2v) is 5.98. The topological polar surface area (TPSA) is 39.4 Å². The Bertz CT molecular complexity index is 620. The molecule has 3 heteroatoms. The van der Waals surface area contributed by atoms with E-state index in [4.69, 9.17) is 9.15 Å². The lowest BCUT2D eigenvalue weighted by Crippen LogP contribution is -2.12. The number of para-hydroxylation sites is 1. The fraction of sp³-hybridized carbons (Fsp3) is 0.500. The van der Waals surface area contributed by atoms with Gasteiger partial charge in [-0.2, -0.15) is 0 Å². The van der Waals surface area contributed by atoms with E-state index in [0.29, 0.717) is 12.4 Å². The molecule has 0 radical (unpaired) electrons. The predicted molar refractivity (Wildman–Crippen MR) is 82.4 cm³/mol. The van der Waals surface area contributed by atoms with E-state index < -0.39 is 0 Å². The van der Waals surface area contributed by atoms with Crippen LogP contribution in [0.25, 0.3) is 11.0 Å². The Morgan fingerprint density at radius 2 is 2.00 bits per heavy atom. The van der Waals surface area contributed by atoms with Gasteiger partial charge in [-0.1, -0.05) is 50.3 Å². The zero-order valence-electron chi connectivity index (χ0n) is 12.6. The summed E-state index contributed by atoms with van der Waals surface area (Å²) in [7, 11) is 0. The van der Waals surface area contributed by atoms with Gasteiger partial charge in [0.2, 0.25) is 5.76 Å². The van der Waals surface area contributed by atoms with Crippen LogP contribution < -0.4 is 0 Å². The molecule has 1 aromatic carbocycles. The van der Waals surface area contributed by atoms with Crippen molar-refractivity contribution in [2.24, 2.45) is 5.92 Å². The van der Waals surface area contributed by atoms with Gasteiger partial charge in [-0.05, 0) is 25.3 Å². The van der Waals surface area contributed by atoms with Crippen LogP contribution in [0.2, 0.25) is 0 Å². The molecule has 0 bridgehead atoms. The van der Waals surface area contributed by atoms with Crippen molar-refractivity contribution < 1.29 is 13.9 Å². The molecule has 0 amide bonds. The Morgan fingerprint density at radius 1 is 1.24 bits per heavy atom. The molecule has 1 aliphatic rings.